The van der Waals surface area contributed by atoms with Crippen LogP contribution in [0.3, 0.4) is 0 Å². The molecule has 0 aromatic rings. The standard InChI is InChI=1S/C9H11.C5H5.CH2.2ClH.Zr/c1-2-5-9-7-3-6-8(9)4-1;1-2-4-5-3-1;;;;/h1-2,4,6,9H,3,5,7H2;1-3H,4H2;1H2;2*1H;/q2*-1;;;;+2/p-2. The normalized spacial score (nSPS) is 20.8. The maximum Gasteiger partial charge on any atom is -1.00 e. The van der Waals surface area contributed by atoms with Crippen LogP contribution in [-0.2, 0) is 24.2 Å². The molecule has 98 valence electrons. The molecule has 0 nitrogen and oxygen atoms in total. The van der Waals surface area contributed by atoms with E-state index in [4.69, 9.17) is 0 Å². The predicted octanol–water partition coefficient (Wildman–Crippen LogP) is -2.23. The summed E-state index contributed by atoms with van der Waals surface area (Å²) in [5, 5.41) is 0. The van der Waals surface area contributed by atoms with Gasteiger partial charge in [0.2, 0.25) is 0 Å². The van der Waals surface area contributed by atoms with E-state index in [0.717, 1.165) is 12.3 Å². The van der Waals surface area contributed by atoms with E-state index in [0.29, 0.717) is 0 Å². The van der Waals surface area contributed by atoms with Gasteiger partial charge in [-0.2, -0.15) is 6.08 Å². The third-order valence-electron chi connectivity index (χ3n) is 2.80. The van der Waals surface area contributed by atoms with E-state index in [9.17, 15) is 0 Å². The Morgan fingerprint density at radius 3 is 2.50 bits per heavy atom. The average Bonchev–Trinajstić information content (AvgIpc) is 3.06. The fourth-order valence-corrected chi connectivity index (χ4v) is 2.00. The fraction of sp³-hybridized carbons (Fsp3) is 0.333. The Kier molecular flexibility index (Phi) is 15.5. The maximum absolute atomic E-state index is 3.34. The van der Waals surface area contributed by atoms with Crippen molar-refractivity contribution in [2.24, 2.45) is 5.92 Å². The first-order valence-electron chi connectivity index (χ1n) is 5.74. The third kappa shape index (κ3) is 7.57. The number of rotatable bonds is 0. The van der Waals surface area contributed by atoms with E-state index in [1.807, 2.05) is 12.2 Å². The van der Waals surface area contributed by atoms with Crippen molar-refractivity contribution < 1.29 is 49.0 Å². The van der Waals surface area contributed by atoms with Crippen LogP contribution >= 0.6 is 0 Å². The van der Waals surface area contributed by atoms with Gasteiger partial charge in [-0.05, 0) is 12.3 Å². The number of hydrogen-bond donors (Lipinski definition) is 0. The molecule has 0 aromatic heterocycles. The molecular weight excluding hydrogens is 342 g/mol. The molecule has 3 aliphatic rings. The number of fused-ring (bicyclic) bond motifs is 1. The molecule has 1 unspecified atom stereocenters. The fourth-order valence-electron chi connectivity index (χ4n) is 2.00. The van der Waals surface area contributed by atoms with Crippen LogP contribution in [0.25, 0.3) is 0 Å². The number of halogens is 2. The number of allylic oxidation sites excluding steroid dienone is 8. The van der Waals surface area contributed by atoms with Gasteiger partial charge >= 0.3 is 28.4 Å². The Morgan fingerprint density at radius 2 is 2.00 bits per heavy atom. The van der Waals surface area contributed by atoms with Crippen molar-refractivity contribution in [2.75, 3.05) is 0 Å². The zero-order valence-electron chi connectivity index (χ0n) is 10.4. The summed E-state index contributed by atoms with van der Waals surface area (Å²) in [6.07, 6.45) is 23.0. The first-order valence-corrected chi connectivity index (χ1v) is 7.47. The van der Waals surface area contributed by atoms with Crippen LogP contribution in [0.2, 0.25) is 0 Å². The molecule has 0 aromatic carbocycles. The van der Waals surface area contributed by atoms with Crippen LogP contribution in [0.1, 0.15) is 25.7 Å². The number of hydrogen-bond acceptors (Lipinski definition) is 0. The van der Waals surface area contributed by atoms with Gasteiger partial charge in [-0.3, -0.25) is 6.08 Å². The van der Waals surface area contributed by atoms with Gasteiger partial charge < -0.3 is 24.8 Å². The summed E-state index contributed by atoms with van der Waals surface area (Å²) >= 11 is 1.30. The topological polar surface area (TPSA) is 0 Å². The summed E-state index contributed by atoms with van der Waals surface area (Å²) < 4.78 is 3.34. The third-order valence-corrected chi connectivity index (χ3v) is 2.80. The van der Waals surface area contributed by atoms with Crippen LogP contribution in [0.4, 0.5) is 0 Å². The molecule has 0 aliphatic heterocycles. The van der Waals surface area contributed by atoms with Gasteiger partial charge in [0.1, 0.15) is 0 Å². The summed E-state index contributed by atoms with van der Waals surface area (Å²) in [6, 6.07) is 0. The van der Waals surface area contributed by atoms with Crippen LogP contribution in [0.5, 0.6) is 0 Å². The Balaban J connectivity index is 0. The monoisotopic (exact) mass is 358 g/mol. The second kappa shape index (κ2) is 13.6. The molecule has 18 heavy (non-hydrogen) atoms. The van der Waals surface area contributed by atoms with E-state index in [1.54, 1.807) is 5.57 Å². The van der Waals surface area contributed by atoms with Crippen molar-refractivity contribution in [2.45, 2.75) is 25.7 Å². The first-order chi connectivity index (χ1) is 7.97. The molecule has 1 saturated carbocycles. The summed E-state index contributed by atoms with van der Waals surface area (Å²) in [5.41, 5.74) is 1.58. The molecule has 0 N–H and O–H groups in total. The SMILES string of the molecule is C1=CCC2CC[CH-]C2=C1.[C-]1=CC=CC1.[CH2]=[Zr+2].[Cl-].[Cl-]. The van der Waals surface area contributed by atoms with E-state index in [2.05, 4.69) is 41.0 Å². The Morgan fingerprint density at radius 1 is 1.22 bits per heavy atom. The Bertz CT molecular complexity index is 306. The van der Waals surface area contributed by atoms with Gasteiger partial charge in [0.05, 0.1) is 0 Å². The van der Waals surface area contributed by atoms with Crippen LogP contribution in [0.15, 0.2) is 42.0 Å². The van der Waals surface area contributed by atoms with Crippen molar-refractivity contribution in [3.8, 4) is 0 Å². The van der Waals surface area contributed by atoms with Crippen molar-refractivity contribution in [1.29, 1.82) is 0 Å². The smallest absolute Gasteiger partial charge is 1.00 e. The van der Waals surface area contributed by atoms with Gasteiger partial charge in [-0.15, -0.1) is 25.0 Å². The predicted molar refractivity (Wildman–Crippen MR) is 67.6 cm³/mol. The molecule has 0 bridgehead atoms. The molecular formula is C15H18Cl2Zr-2. The van der Waals surface area contributed by atoms with Crippen LogP contribution < -0.4 is 24.8 Å². The van der Waals surface area contributed by atoms with Crippen molar-refractivity contribution >= 4 is 4.21 Å². The average molecular weight is 360 g/mol. The van der Waals surface area contributed by atoms with Gasteiger partial charge in [-0.25, -0.2) is 30.2 Å². The summed E-state index contributed by atoms with van der Waals surface area (Å²) in [6.45, 7) is 0. The van der Waals surface area contributed by atoms with E-state index in [1.165, 1.54) is 43.5 Å². The molecule has 3 aliphatic carbocycles. The van der Waals surface area contributed by atoms with Gasteiger partial charge in [-0.1, -0.05) is 6.42 Å². The molecule has 0 saturated heterocycles. The minimum absolute atomic E-state index is 0. The summed E-state index contributed by atoms with van der Waals surface area (Å²) in [5.74, 6) is 0.884. The zero-order chi connectivity index (χ0) is 11.6. The second-order valence-corrected chi connectivity index (χ2v) is 3.81. The van der Waals surface area contributed by atoms with Gasteiger partial charge in [0.25, 0.3) is 0 Å². The molecule has 1 atom stereocenters. The van der Waals surface area contributed by atoms with E-state index < -0.39 is 0 Å². The Hall–Kier alpha value is 0.163. The molecule has 3 rings (SSSR count). The molecule has 3 heteroatoms. The molecule has 1 fully saturated rings. The first kappa shape index (κ1) is 20.5. The van der Waals surface area contributed by atoms with E-state index in [-0.39, 0.29) is 24.8 Å². The quantitative estimate of drug-likeness (QED) is 0.429. The zero-order valence-corrected chi connectivity index (χ0v) is 14.4. The van der Waals surface area contributed by atoms with Crippen molar-refractivity contribution in [1.82, 2.24) is 0 Å². The largest absolute Gasteiger partial charge is 1.00 e. The molecule has 0 radical (unpaired) electrons. The minimum Gasteiger partial charge on any atom is -1.00 e. The van der Waals surface area contributed by atoms with Crippen molar-refractivity contribution in [3.63, 3.8) is 0 Å². The van der Waals surface area contributed by atoms with Crippen molar-refractivity contribution in [3.05, 3.63) is 54.5 Å². The van der Waals surface area contributed by atoms with Crippen LogP contribution in [-0.4, -0.2) is 4.21 Å². The van der Waals surface area contributed by atoms with Gasteiger partial charge in [0.15, 0.2) is 0 Å². The molecule has 0 amide bonds. The maximum atomic E-state index is 3.34. The Labute approximate surface area is 138 Å². The minimum atomic E-state index is 0. The molecule has 0 spiro atoms. The summed E-state index contributed by atoms with van der Waals surface area (Å²) in [7, 11) is 0. The van der Waals surface area contributed by atoms with E-state index >= 15 is 0 Å². The van der Waals surface area contributed by atoms with Crippen LogP contribution in [0, 0.1) is 18.4 Å². The molecule has 0 heterocycles. The van der Waals surface area contributed by atoms with Gasteiger partial charge in [0, 0.05) is 0 Å². The second-order valence-electron chi connectivity index (χ2n) is 3.81. The summed E-state index contributed by atoms with van der Waals surface area (Å²) in [4.78, 5) is 0.